The molecule has 178 valence electrons. The zero-order valence-corrected chi connectivity index (χ0v) is 20.3. The van der Waals surface area contributed by atoms with Gasteiger partial charge in [0, 0.05) is 34.6 Å². The minimum Gasteiger partial charge on any atom is -0.481 e. The third-order valence-corrected chi connectivity index (χ3v) is 7.08. The van der Waals surface area contributed by atoms with E-state index < -0.39 is 17.4 Å². The number of aromatic nitrogens is 2. The van der Waals surface area contributed by atoms with E-state index in [2.05, 4.69) is 41.4 Å². The number of likely N-dealkylation sites (tertiary alicyclic amines) is 1. The molecule has 0 radical (unpaired) electrons. The molecule has 1 saturated heterocycles. The lowest BCUT2D eigenvalue weighted by molar-refractivity contribution is -0.157. The molecule has 9 heteroatoms. The molecule has 2 fully saturated rings. The van der Waals surface area contributed by atoms with Crippen molar-refractivity contribution >= 4 is 40.2 Å². The topological polar surface area (TPSA) is 107 Å². The first-order chi connectivity index (χ1) is 15.5. The second-order valence-corrected chi connectivity index (χ2v) is 10.9. The molecular formula is C24H32ClN5O3. The van der Waals surface area contributed by atoms with Crippen LogP contribution >= 0.6 is 11.6 Å². The maximum absolute atomic E-state index is 13.4. The van der Waals surface area contributed by atoms with Crippen molar-refractivity contribution in [2.45, 2.75) is 77.0 Å². The molecule has 1 amide bonds. The molecule has 1 aromatic carbocycles. The Morgan fingerprint density at radius 3 is 2.70 bits per heavy atom. The number of nitrogens with one attached hydrogen (secondary N) is 2. The summed E-state index contributed by atoms with van der Waals surface area (Å²) in [5.74, 6) is -0.376. The average molecular weight is 474 g/mol. The number of anilines is 1. The van der Waals surface area contributed by atoms with E-state index in [9.17, 15) is 14.7 Å². The number of rotatable bonds is 5. The van der Waals surface area contributed by atoms with Crippen LogP contribution in [0.4, 0.5) is 5.82 Å². The van der Waals surface area contributed by atoms with Gasteiger partial charge in [-0.15, -0.1) is 0 Å². The van der Waals surface area contributed by atoms with Crippen LogP contribution in [0.15, 0.2) is 24.5 Å². The van der Waals surface area contributed by atoms with E-state index in [0.717, 1.165) is 17.3 Å². The number of hydrogen-bond acceptors (Lipinski definition) is 6. The lowest BCUT2D eigenvalue weighted by atomic mass is 9.68. The van der Waals surface area contributed by atoms with Gasteiger partial charge < -0.3 is 20.6 Å². The molecule has 33 heavy (non-hydrogen) atoms. The van der Waals surface area contributed by atoms with Crippen LogP contribution in [0.3, 0.4) is 0 Å². The number of nitrogens with zero attached hydrogens (tertiary/aromatic N) is 3. The van der Waals surface area contributed by atoms with E-state index in [1.807, 2.05) is 6.07 Å². The molecule has 4 atom stereocenters. The highest BCUT2D eigenvalue weighted by molar-refractivity contribution is 6.31. The predicted octanol–water partition coefficient (Wildman–Crippen LogP) is 3.70. The van der Waals surface area contributed by atoms with E-state index >= 15 is 0 Å². The molecular weight excluding hydrogens is 442 g/mol. The Kier molecular flexibility index (Phi) is 6.26. The number of fused-ring (bicyclic) bond motifs is 1. The van der Waals surface area contributed by atoms with Crippen molar-refractivity contribution < 1.29 is 14.7 Å². The second-order valence-electron chi connectivity index (χ2n) is 10.5. The molecule has 2 heterocycles. The lowest BCUT2D eigenvalue weighted by Gasteiger charge is -2.47. The zero-order chi connectivity index (χ0) is 24.0. The van der Waals surface area contributed by atoms with Crippen molar-refractivity contribution in [1.82, 2.24) is 20.2 Å². The highest BCUT2D eigenvalue weighted by Gasteiger charge is 2.52. The number of carbonyl (C=O) groups excluding carboxylic acids is 1. The van der Waals surface area contributed by atoms with Crippen LogP contribution in [0.5, 0.6) is 0 Å². The standard InChI is InChI=1S/C24H32ClN5O3/c1-23(2,3)29-15-6-8-19(24(4,12-15)22(32)33)30-10-9-18(21(30)31)28-20-16-11-14(25)5-7-17(16)26-13-27-20/h5,7,11,13,15,18-19,29H,6,8-10,12H2,1-4H3,(H,32,33)(H,26,27,28)/t15-,18+,19+,24-/m1/s1. The van der Waals surface area contributed by atoms with Gasteiger partial charge in [-0.1, -0.05) is 11.6 Å². The second kappa shape index (κ2) is 8.72. The third-order valence-electron chi connectivity index (χ3n) is 6.84. The summed E-state index contributed by atoms with van der Waals surface area (Å²) >= 11 is 6.15. The number of benzene rings is 1. The molecule has 1 aliphatic heterocycles. The Labute approximate surface area is 199 Å². The van der Waals surface area contributed by atoms with Crippen molar-refractivity contribution in [3.8, 4) is 0 Å². The van der Waals surface area contributed by atoms with Crippen molar-refractivity contribution in [3.63, 3.8) is 0 Å². The lowest BCUT2D eigenvalue weighted by Crippen LogP contribution is -2.59. The van der Waals surface area contributed by atoms with Gasteiger partial charge >= 0.3 is 5.97 Å². The van der Waals surface area contributed by atoms with Crippen LogP contribution in [-0.4, -0.2) is 62.1 Å². The molecule has 1 aromatic heterocycles. The van der Waals surface area contributed by atoms with Gasteiger partial charge in [0.05, 0.1) is 10.9 Å². The van der Waals surface area contributed by atoms with Gasteiger partial charge in [0.15, 0.2) is 0 Å². The summed E-state index contributed by atoms with van der Waals surface area (Å²) in [6.07, 6.45) is 4.02. The fourth-order valence-electron chi connectivity index (χ4n) is 5.35. The molecule has 8 nitrogen and oxygen atoms in total. The molecule has 4 rings (SSSR count). The van der Waals surface area contributed by atoms with E-state index in [1.165, 1.54) is 6.33 Å². The zero-order valence-electron chi connectivity index (χ0n) is 19.6. The van der Waals surface area contributed by atoms with Crippen molar-refractivity contribution in [2.24, 2.45) is 5.41 Å². The van der Waals surface area contributed by atoms with Gasteiger partial charge in [-0.2, -0.15) is 0 Å². The Bertz CT molecular complexity index is 1070. The molecule has 0 unspecified atom stereocenters. The fraction of sp³-hybridized carbons (Fsp3) is 0.583. The van der Waals surface area contributed by atoms with Crippen LogP contribution in [0.25, 0.3) is 10.9 Å². The molecule has 2 aliphatic rings. The van der Waals surface area contributed by atoms with Crippen molar-refractivity contribution in [1.29, 1.82) is 0 Å². The third kappa shape index (κ3) is 4.77. The smallest absolute Gasteiger partial charge is 0.311 e. The molecule has 0 spiro atoms. The van der Waals surface area contributed by atoms with Gasteiger partial charge in [0.1, 0.15) is 18.2 Å². The fourth-order valence-corrected chi connectivity index (χ4v) is 5.52. The largest absolute Gasteiger partial charge is 0.481 e. The van der Waals surface area contributed by atoms with E-state index in [-0.39, 0.29) is 23.5 Å². The van der Waals surface area contributed by atoms with Crippen LogP contribution in [0.1, 0.15) is 53.4 Å². The quantitative estimate of drug-likeness (QED) is 0.607. The Balaban J connectivity index is 1.53. The minimum absolute atomic E-state index is 0.0801. The number of halogens is 1. The molecule has 3 N–H and O–H groups in total. The van der Waals surface area contributed by atoms with Gasteiger partial charge in [0.25, 0.3) is 0 Å². The number of carboxylic acids is 1. The van der Waals surface area contributed by atoms with E-state index in [4.69, 9.17) is 11.6 Å². The first-order valence-corrected chi connectivity index (χ1v) is 11.8. The van der Waals surface area contributed by atoms with E-state index in [1.54, 1.807) is 24.0 Å². The predicted molar refractivity (Wildman–Crippen MR) is 128 cm³/mol. The maximum Gasteiger partial charge on any atom is 0.311 e. The summed E-state index contributed by atoms with van der Waals surface area (Å²) in [7, 11) is 0. The highest BCUT2D eigenvalue weighted by atomic mass is 35.5. The molecule has 0 bridgehead atoms. The highest BCUT2D eigenvalue weighted by Crippen LogP contribution is 2.42. The van der Waals surface area contributed by atoms with E-state index in [0.29, 0.717) is 36.6 Å². The van der Waals surface area contributed by atoms with Crippen LogP contribution in [-0.2, 0) is 9.59 Å². The van der Waals surface area contributed by atoms with Crippen LogP contribution < -0.4 is 10.6 Å². The summed E-state index contributed by atoms with van der Waals surface area (Å²) in [5, 5.41) is 18.3. The van der Waals surface area contributed by atoms with Crippen molar-refractivity contribution in [3.05, 3.63) is 29.5 Å². The normalized spacial score (nSPS) is 28.3. The van der Waals surface area contributed by atoms with Gasteiger partial charge in [-0.3, -0.25) is 9.59 Å². The summed E-state index contributed by atoms with van der Waals surface area (Å²) in [5.41, 5.74) is -0.373. The first-order valence-electron chi connectivity index (χ1n) is 11.5. The summed E-state index contributed by atoms with van der Waals surface area (Å²) in [4.78, 5) is 36.2. The Morgan fingerprint density at radius 1 is 1.24 bits per heavy atom. The van der Waals surface area contributed by atoms with Crippen LogP contribution in [0, 0.1) is 5.41 Å². The number of hydrogen-bond donors (Lipinski definition) is 3. The van der Waals surface area contributed by atoms with Gasteiger partial charge in [-0.05, 0) is 71.6 Å². The number of aliphatic carboxylic acids is 1. The number of carbonyl (C=O) groups is 2. The first kappa shape index (κ1) is 23.7. The summed E-state index contributed by atoms with van der Waals surface area (Å²) in [6.45, 7) is 8.56. The maximum atomic E-state index is 13.4. The molecule has 1 aliphatic carbocycles. The summed E-state index contributed by atoms with van der Waals surface area (Å²) in [6, 6.07) is 4.65. The number of carboxylic acid groups (broad SMARTS) is 1. The van der Waals surface area contributed by atoms with Crippen LogP contribution in [0.2, 0.25) is 5.02 Å². The number of amides is 1. The molecule has 1 saturated carbocycles. The molecule has 2 aromatic rings. The van der Waals surface area contributed by atoms with Gasteiger partial charge in [-0.25, -0.2) is 9.97 Å². The minimum atomic E-state index is -1.01. The Morgan fingerprint density at radius 2 is 2.00 bits per heavy atom. The summed E-state index contributed by atoms with van der Waals surface area (Å²) < 4.78 is 0. The Hall–Kier alpha value is -2.45. The van der Waals surface area contributed by atoms with Gasteiger partial charge in [0.2, 0.25) is 5.91 Å². The monoisotopic (exact) mass is 473 g/mol. The SMILES string of the molecule is CC(C)(C)N[C@@H]1CC[C@H](N2CC[C@H](Nc3ncnc4ccc(Cl)cc34)C2=O)[C@](C)(C(=O)O)C1. The van der Waals surface area contributed by atoms with Crippen molar-refractivity contribution in [2.75, 3.05) is 11.9 Å². The average Bonchev–Trinajstić information content (AvgIpc) is 3.07.